The highest BCUT2D eigenvalue weighted by Crippen LogP contribution is 2.24. The van der Waals surface area contributed by atoms with Gasteiger partial charge < -0.3 is 4.98 Å². The molecule has 0 amide bonds. The maximum atomic E-state index is 13.4. The van der Waals surface area contributed by atoms with Crippen molar-refractivity contribution < 1.29 is 9.18 Å². The van der Waals surface area contributed by atoms with Gasteiger partial charge in [0.1, 0.15) is 5.82 Å². The van der Waals surface area contributed by atoms with E-state index in [1.165, 1.54) is 13.0 Å². The maximum Gasteiger partial charge on any atom is 0.176 e. The minimum atomic E-state index is -0.288. The van der Waals surface area contributed by atoms with Crippen molar-refractivity contribution in [3.63, 3.8) is 0 Å². The molecule has 2 rings (SSSR count). The second kappa shape index (κ2) is 2.94. The van der Waals surface area contributed by atoms with Crippen LogP contribution in [0.3, 0.4) is 0 Å². The first kappa shape index (κ1) is 8.94. The van der Waals surface area contributed by atoms with Gasteiger partial charge in [0, 0.05) is 17.8 Å². The Balaban J connectivity index is 2.87. The van der Waals surface area contributed by atoms with Crippen molar-refractivity contribution in [2.24, 2.45) is 0 Å². The zero-order valence-corrected chi connectivity index (χ0v) is 8.02. The second-order valence-electron chi connectivity index (χ2n) is 3.34. The lowest BCUT2D eigenvalue weighted by Crippen LogP contribution is -1.93. The van der Waals surface area contributed by atoms with Gasteiger partial charge >= 0.3 is 0 Å². The number of rotatable bonds is 1. The molecule has 0 unspecified atom stereocenters. The van der Waals surface area contributed by atoms with Crippen molar-refractivity contribution in [1.29, 1.82) is 0 Å². The minimum Gasteiger partial charge on any atom is -0.352 e. The van der Waals surface area contributed by atoms with Crippen molar-refractivity contribution in [3.8, 4) is 0 Å². The van der Waals surface area contributed by atoms with Crippen LogP contribution in [-0.4, -0.2) is 10.8 Å². The van der Waals surface area contributed by atoms with E-state index >= 15 is 0 Å². The molecule has 0 atom stereocenters. The molecule has 1 N–H and O–H groups in total. The van der Waals surface area contributed by atoms with Crippen LogP contribution in [0.15, 0.2) is 18.2 Å². The Morgan fingerprint density at radius 3 is 2.71 bits per heavy atom. The molecule has 0 saturated carbocycles. The zero-order valence-electron chi connectivity index (χ0n) is 8.02. The van der Waals surface area contributed by atoms with E-state index < -0.39 is 0 Å². The standard InChI is InChI=1S/C11H10FNO/c1-6-10-8(12)4-3-5-9(10)13-11(6)7(2)14/h3-5,13H,1-2H3. The summed E-state index contributed by atoms with van der Waals surface area (Å²) < 4.78 is 13.4. The van der Waals surface area contributed by atoms with Crippen molar-refractivity contribution in [2.75, 3.05) is 0 Å². The van der Waals surface area contributed by atoms with E-state index in [4.69, 9.17) is 0 Å². The summed E-state index contributed by atoms with van der Waals surface area (Å²) in [5.41, 5.74) is 1.85. The summed E-state index contributed by atoms with van der Waals surface area (Å²) >= 11 is 0. The molecule has 0 spiro atoms. The molecular formula is C11H10FNO. The lowest BCUT2D eigenvalue weighted by atomic mass is 10.1. The number of ketones is 1. The van der Waals surface area contributed by atoms with Crippen LogP contribution in [0, 0.1) is 12.7 Å². The number of fused-ring (bicyclic) bond motifs is 1. The fourth-order valence-electron chi connectivity index (χ4n) is 1.71. The minimum absolute atomic E-state index is 0.0712. The topological polar surface area (TPSA) is 32.9 Å². The number of aromatic nitrogens is 1. The lowest BCUT2D eigenvalue weighted by molar-refractivity contribution is 0.101. The fraction of sp³-hybridized carbons (Fsp3) is 0.182. The van der Waals surface area contributed by atoms with Gasteiger partial charge in [-0.15, -0.1) is 0 Å². The first-order valence-electron chi connectivity index (χ1n) is 4.39. The summed E-state index contributed by atoms with van der Waals surface area (Å²) in [5.74, 6) is -0.359. The summed E-state index contributed by atoms with van der Waals surface area (Å²) in [7, 11) is 0. The first-order chi connectivity index (χ1) is 6.61. The molecule has 1 aromatic heterocycles. The lowest BCUT2D eigenvalue weighted by Gasteiger charge is -1.93. The smallest absolute Gasteiger partial charge is 0.176 e. The van der Waals surface area contributed by atoms with Gasteiger partial charge in [0.15, 0.2) is 5.78 Å². The van der Waals surface area contributed by atoms with E-state index in [0.717, 1.165) is 0 Å². The van der Waals surface area contributed by atoms with Crippen LogP contribution >= 0.6 is 0 Å². The average molecular weight is 191 g/mol. The average Bonchev–Trinajstić information content (AvgIpc) is 2.45. The number of aromatic amines is 1. The third-order valence-corrected chi connectivity index (χ3v) is 2.38. The van der Waals surface area contributed by atoms with Crippen LogP contribution in [0.4, 0.5) is 4.39 Å². The van der Waals surface area contributed by atoms with Crippen molar-refractivity contribution in [3.05, 3.63) is 35.3 Å². The van der Waals surface area contributed by atoms with Crippen LogP contribution in [0.1, 0.15) is 23.0 Å². The van der Waals surface area contributed by atoms with E-state index in [2.05, 4.69) is 4.98 Å². The number of hydrogen-bond acceptors (Lipinski definition) is 1. The maximum absolute atomic E-state index is 13.4. The highest BCUT2D eigenvalue weighted by Gasteiger charge is 2.13. The van der Waals surface area contributed by atoms with Crippen molar-refractivity contribution in [2.45, 2.75) is 13.8 Å². The number of aryl methyl sites for hydroxylation is 1. The molecule has 0 saturated heterocycles. The third kappa shape index (κ3) is 1.13. The molecule has 1 heterocycles. The molecule has 0 radical (unpaired) electrons. The van der Waals surface area contributed by atoms with Gasteiger partial charge in [-0.1, -0.05) is 6.07 Å². The molecule has 0 aliphatic rings. The molecule has 2 aromatic rings. The molecule has 0 aliphatic carbocycles. The van der Waals surface area contributed by atoms with Crippen LogP contribution in [0.25, 0.3) is 10.9 Å². The third-order valence-electron chi connectivity index (χ3n) is 2.38. The van der Waals surface area contributed by atoms with Gasteiger partial charge in [0.05, 0.1) is 5.69 Å². The SMILES string of the molecule is CC(=O)c1[nH]c2cccc(F)c2c1C. The Bertz CT molecular complexity index is 513. The van der Waals surface area contributed by atoms with Gasteiger partial charge in [0.2, 0.25) is 0 Å². The predicted molar refractivity (Wildman–Crippen MR) is 53.0 cm³/mol. The number of nitrogens with one attached hydrogen (secondary N) is 1. The number of hydrogen-bond donors (Lipinski definition) is 1. The van der Waals surface area contributed by atoms with Gasteiger partial charge in [-0.05, 0) is 24.6 Å². The molecule has 0 bridgehead atoms. The molecule has 72 valence electrons. The van der Waals surface area contributed by atoms with Crippen LogP contribution in [0.2, 0.25) is 0 Å². The molecule has 0 fully saturated rings. The van der Waals surface area contributed by atoms with Gasteiger partial charge in [-0.2, -0.15) is 0 Å². The summed E-state index contributed by atoms with van der Waals surface area (Å²) in [6.45, 7) is 3.22. The highest BCUT2D eigenvalue weighted by atomic mass is 19.1. The highest BCUT2D eigenvalue weighted by molar-refractivity contribution is 6.00. The van der Waals surface area contributed by atoms with Gasteiger partial charge in [0.25, 0.3) is 0 Å². The van der Waals surface area contributed by atoms with E-state index in [-0.39, 0.29) is 11.6 Å². The molecule has 3 heteroatoms. The van der Waals surface area contributed by atoms with E-state index in [0.29, 0.717) is 22.2 Å². The number of Topliss-reactive ketones (excluding diaryl/α,β-unsaturated/α-hetero) is 1. The van der Waals surface area contributed by atoms with Gasteiger partial charge in [-0.25, -0.2) is 4.39 Å². The Morgan fingerprint density at radius 2 is 2.14 bits per heavy atom. The molecule has 2 nitrogen and oxygen atoms in total. The number of H-pyrrole nitrogens is 1. The Kier molecular flexibility index (Phi) is 1.88. The largest absolute Gasteiger partial charge is 0.352 e. The first-order valence-corrected chi connectivity index (χ1v) is 4.39. The van der Waals surface area contributed by atoms with E-state index in [1.54, 1.807) is 19.1 Å². The predicted octanol–water partition coefficient (Wildman–Crippen LogP) is 2.82. The van der Waals surface area contributed by atoms with E-state index in [9.17, 15) is 9.18 Å². The summed E-state index contributed by atoms with van der Waals surface area (Å²) in [4.78, 5) is 14.1. The van der Waals surface area contributed by atoms with E-state index in [1.807, 2.05) is 0 Å². The number of benzene rings is 1. The Labute approximate surface area is 80.7 Å². The monoisotopic (exact) mass is 191 g/mol. The van der Waals surface area contributed by atoms with Crippen molar-refractivity contribution >= 4 is 16.7 Å². The molecule has 0 aliphatic heterocycles. The van der Waals surface area contributed by atoms with Crippen LogP contribution < -0.4 is 0 Å². The fourth-order valence-corrected chi connectivity index (χ4v) is 1.71. The molecular weight excluding hydrogens is 181 g/mol. The zero-order chi connectivity index (χ0) is 10.3. The van der Waals surface area contributed by atoms with Crippen LogP contribution in [0.5, 0.6) is 0 Å². The van der Waals surface area contributed by atoms with Crippen molar-refractivity contribution in [1.82, 2.24) is 4.98 Å². The normalized spacial score (nSPS) is 10.8. The number of carbonyl (C=O) groups excluding carboxylic acids is 1. The molecule has 14 heavy (non-hydrogen) atoms. The Hall–Kier alpha value is -1.64. The summed E-state index contributed by atoms with van der Waals surface area (Å²) in [5, 5.41) is 0.512. The molecule has 1 aromatic carbocycles. The Morgan fingerprint density at radius 1 is 1.43 bits per heavy atom. The number of halogens is 1. The quantitative estimate of drug-likeness (QED) is 0.691. The van der Waals surface area contributed by atoms with Gasteiger partial charge in [-0.3, -0.25) is 4.79 Å². The van der Waals surface area contributed by atoms with Crippen LogP contribution in [-0.2, 0) is 0 Å². The second-order valence-corrected chi connectivity index (χ2v) is 3.34. The number of carbonyl (C=O) groups is 1. The summed E-state index contributed by atoms with van der Waals surface area (Å²) in [6.07, 6.45) is 0. The summed E-state index contributed by atoms with van der Waals surface area (Å²) in [6, 6.07) is 4.78.